The monoisotopic (exact) mass is 460 g/mol. The molecule has 0 spiro atoms. The Morgan fingerprint density at radius 2 is 1.59 bits per heavy atom. The second kappa shape index (κ2) is 8.30. The third kappa shape index (κ3) is 3.87. The fourth-order valence-corrected chi connectivity index (χ4v) is 4.06. The van der Waals surface area contributed by atoms with Crippen molar-refractivity contribution in [1.29, 1.82) is 0 Å². The van der Waals surface area contributed by atoms with Gasteiger partial charge in [0.25, 0.3) is 0 Å². The highest BCUT2D eigenvalue weighted by atomic mass is 19.4. The first-order chi connectivity index (χ1) is 16.3. The highest BCUT2D eigenvalue weighted by Crippen LogP contribution is 2.37. The molecule has 0 amide bonds. The van der Waals surface area contributed by atoms with E-state index in [4.69, 9.17) is 0 Å². The van der Waals surface area contributed by atoms with Crippen LogP contribution >= 0.6 is 0 Å². The van der Waals surface area contributed by atoms with E-state index in [1.165, 1.54) is 16.8 Å². The van der Waals surface area contributed by atoms with Gasteiger partial charge < -0.3 is 0 Å². The molecular formula is C26H19F3N4O. The Hall–Kier alpha value is -4.20. The van der Waals surface area contributed by atoms with E-state index in [-0.39, 0.29) is 11.7 Å². The van der Waals surface area contributed by atoms with Crippen LogP contribution in [-0.2, 0) is 6.18 Å². The molecule has 1 N–H and O–H groups in total. The van der Waals surface area contributed by atoms with Crippen molar-refractivity contribution in [3.05, 3.63) is 107 Å². The molecule has 1 atom stereocenters. The number of aromatic amines is 1. The molecule has 5 rings (SSSR count). The lowest BCUT2D eigenvalue weighted by Gasteiger charge is -2.15. The summed E-state index contributed by atoms with van der Waals surface area (Å²) in [6, 6.07) is 21.5. The van der Waals surface area contributed by atoms with Gasteiger partial charge in [-0.15, -0.1) is 0 Å². The van der Waals surface area contributed by atoms with Crippen LogP contribution in [0.1, 0.15) is 24.1 Å². The first kappa shape index (κ1) is 21.6. The fourth-order valence-electron chi connectivity index (χ4n) is 4.06. The molecule has 0 saturated heterocycles. The molecule has 1 unspecified atom stereocenters. The third-order valence-corrected chi connectivity index (χ3v) is 5.80. The fraction of sp³-hybridized carbons (Fsp3) is 0.115. The largest absolute Gasteiger partial charge is 0.416 e. The van der Waals surface area contributed by atoms with Gasteiger partial charge in [0.2, 0.25) is 0 Å². The normalized spacial score (nSPS) is 12.7. The van der Waals surface area contributed by atoms with Crippen LogP contribution in [-0.4, -0.2) is 19.5 Å². The molecule has 0 bridgehead atoms. The van der Waals surface area contributed by atoms with E-state index in [1.807, 2.05) is 37.3 Å². The topological polar surface area (TPSA) is 63.6 Å². The molecule has 0 saturated carbocycles. The number of nitrogens with one attached hydrogen (secondary N) is 1. The number of hydrogen-bond acceptors (Lipinski definition) is 3. The van der Waals surface area contributed by atoms with Crippen molar-refractivity contribution < 1.29 is 13.2 Å². The number of hydrogen-bond donors (Lipinski definition) is 1. The van der Waals surface area contributed by atoms with Crippen LogP contribution in [0, 0.1) is 0 Å². The molecule has 5 aromatic rings. The summed E-state index contributed by atoms with van der Waals surface area (Å²) in [5, 5.41) is 0. The Bertz CT molecular complexity index is 1520. The molecule has 0 radical (unpaired) electrons. The van der Waals surface area contributed by atoms with Crippen LogP contribution in [0.15, 0.2) is 89.9 Å². The number of H-pyrrole nitrogens is 1. The molecule has 0 aliphatic rings. The van der Waals surface area contributed by atoms with Gasteiger partial charge >= 0.3 is 11.9 Å². The van der Waals surface area contributed by atoms with Crippen molar-refractivity contribution in [3.63, 3.8) is 0 Å². The van der Waals surface area contributed by atoms with Gasteiger partial charge in [-0.25, -0.2) is 14.8 Å². The summed E-state index contributed by atoms with van der Waals surface area (Å²) in [6.45, 7) is 1.88. The molecule has 0 aliphatic carbocycles. The molecule has 5 nitrogen and oxygen atoms in total. The van der Waals surface area contributed by atoms with Gasteiger partial charge in [0.05, 0.1) is 23.5 Å². The van der Waals surface area contributed by atoms with Crippen molar-refractivity contribution in [3.8, 4) is 22.4 Å². The summed E-state index contributed by atoms with van der Waals surface area (Å²) < 4.78 is 41.9. The van der Waals surface area contributed by atoms with Gasteiger partial charge in [-0.2, -0.15) is 13.2 Å². The second-order valence-electron chi connectivity index (χ2n) is 7.94. The van der Waals surface area contributed by atoms with Crippen molar-refractivity contribution in [1.82, 2.24) is 19.5 Å². The maximum absolute atomic E-state index is 13.5. The minimum absolute atomic E-state index is 0.310. The summed E-state index contributed by atoms with van der Waals surface area (Å²) in [7, 11) is 0. The van der Waals surface area contributed by atoms with Gasteiger partial charge in [-0.1, -0.05) is 66.7 Å². The molecule has 34 heavy (non-hydrogen) atoms. The number of fused-ring (bicyclic) bond motifs is 1. The van der Waals surface area contributed by atoms with E-state index < -0.39 is 11.7 Å². The zero-order valence-electron chi connectivity index (χ0n) is 18.0. The number of aromatic nitrogens is 4. The number of alkyl halides is 3. The lowest BCUT2D eigenvalue weighted by Crippen LogP contribution is -2.21. The van der Waals surface area contributed by atoms with Crippen LogP contribution in [0.25, 0.3) is 33.7 Å². The van der Waals surface area contributed by atoms with E-state index >= 15 is 0 Å². The Morgan fingerprint density at radius 1 is 0.912 bits per heavy atom. The second-order valence-corrected chi connectivity index (χ2v) is 7.94. The Labute approximate surface area is 192 Å². The average molecular weight is 460 g/mol. The Morgan fingerprint density at radius 3 is 2.26 bits per heavy atom. The van der Waals surface area contributed by atoms with Crippen molar-refractivity contribution in [2.24, 2.45) is 0 Å². The number of benzene rings is 3. The number of imidazole rings is 1. The lowest BCUT2D eigenvalue weighted by molar-refractivity contribution is -0.137. The standard InChI is InChI=1S/C26H19F3N4O/c1-16(17-8-4-2-5-9-17)33-24-23(32-25(33)34)30-15-22(31-24)20-13-12-19(26(27,28)29)14-21(20)18-10-6-3-7-11-18/h2-16H,1H3,(H,30,32,34). The summed E-state index contributed by atoms with van der Waals surface area (Å²) >= 11 is 0. The van der Waals surface area contributed by atoms with Gasteiger partial charge in [-0.05, 0) is 35.7 Å². The average Bonchev–Trinajstić information content (AvgIpc) is 3.18. The Balaban J connectivity index is 1.70. The number of rotatable bonds is 4. The van der Waals surface area contributed by atoms with E-state index in [0.717, 1.165) is 17.7 Å². The minimum atomic E-state index is -4.48. The zero-order valence-corrected chi connectivity index (χ0v) is 18.0. The molecular weight excluding hydrogens is 441 g/mol. The smallest absolute Gasteiger partial charge is 0.289 e. The zero-order chi connectivity index (χ0) is 23.9. The summed E-state index contributed by atoms with van der Waals surface area (Å²) in [5.41, 5.74) is 2.30. The highest BCUT2D eigenvalue weighted by molar-refractivity contribution is 5.84. The van der Waals surface area contributed by atoms with Crippen molar-refractivity contribution in [2.75, 3.05) is 0 Å². The molecule has 8 heteroatoms. The van der Waals surface area contributed by atoms with E-state index in [2.05, 4.69) is 15.0 Å². The predicted molar refractivity (Wildman–Crippen MR) is 124 cm³/mol. The van der Waals surface area contributed by atoms with Gasteiger partial charge in [0.15, 0.2) is 11.3 Å². The Kier molecular flexibility index (Phi) is 5.28. The molecule has 0 fully saturated rings. The lowest BCUT2D eigenvalue weighted by atomic mass is 9.95. The van der Waals surface area contributed by atoms with Crippen LogP contribution in [0.3, 0.4) is 0 Å². The van der Waals surface area contributed by atoms with Gasteiger partial charge in [0, 0.05) is 5.56 Å². The maximum Gasteiger partial charge on any atom is 0.416 e. The van der Waals surface area contributed by atoms with Crippen LogP contribution in [0.4, 0.5) is 13.2 Å². The first-order valence-electron chi connectivity index (χ1n) is 10.6. The number of halogens is 3. The molecule has 2 heterocycles. The van der Waals surface area contributed by atoms with Crippen LogP contribution < -0.4 is 5.69 Å². The molecule has 3 aromatic carbocycles. The van der Waals surface area contributed by atoms with Crippen LogP contribution in [0.2, 0.25) is 0 Å². The van der Waals surface area contributed by atoms with Crippen LogP contribution in [0.5, 0.6) is 0 Å². The molecule has 0 aliphatic heterocycles. The SMILES string of the molecule is CC(c1ccccc1)n1c(=O)[nH]c2ncc(-c3ccc(C(F)(F)F)cc3-c3ccccc3)nc21. The van der Waals surface area contributed by atoms with E-state index in [0.29, 0.717) is 33.7 Å². The summed E-state index contributed by atoms with van der Waals surface area (Å²) in [4.78, 5) is 24.5. The summed E-state index contributed by atoms with van der Waals surface area (Å²) in [6.07, 6.45) is -3.02. The predicted octanol–water partition coefficient (Wildman–Crippen LogP) is 6.08. The quantitative estimate of drug-likeness (QED) is 0.353. The van der Waals surface area contributed by atoms with Crippen molar-refractivity contribution >= 4 is 11.3 Å². The van der Waals surface area contributed by atoms with Crippen molar-refractivity contribution in [2.45, 2.75) is 19.1 Å². The third-order valence-electron chi connectivity index (χ3n) is 5.80. The number of nitrogens with zero attached hydrogens (tertiary/aromatic N) is 3. The van der Waals surface area contributed by atoms with Gasteiger partial charge in [0.1, 0.15) is 0 Å². The summed E-state index contributed by atoms with van der Waals surface area (Å²) in [5.74, 6) is 0. The van der Waals surface area contributed by atoms with E-state index in [1.54, 1.807) is 30.3 Å². The highest BCUT2D eigenvalue weighted by Gasteiger charge is 2.31. The maximum atomic E-state index is 13.5. The van der Waals surface area contributed by atoms with Gasteiger partial charge in [-0.3, -0.25) is 9.55 Å². The molecule has 2 aromatic heterocycles. The first-order valence-corrected chi connectivity index (χ1v) is 10.6. The molecule has 170 valence electrons. The van der Waals surface area contributed by atoms with E-state index in [9.17, 15) is 18.0 Å². The minimum Gasteiger partial charge on any atom is -0.289 e.